The molecule has 1 N–H and O–H groups in total. The number of ketones is 1. The van der Waals surface area contributed by atoms with Gasteiger partial charge in [0.1, 0.15) is 24.9 Å². The van der Waals surface area contributed by atoms with E-state index in [2.05, 4.69) is 23.9 Å². The maximum Gasteiger partial charge on any atom is 0.472 e. The standard InChI is InChI=1S/C38H68NO8P/c1-3-4-5-6-7-8-9-10-11-12-13-14-15-17-20-26-31-44-34-37(47-38(41)33-36(2)40)35-46-48(42,43)45-32-27-21-18-16-19-23-28-39-29-24-22-25-30-39/h22,24-25,29-30,37H,3-21,23,26-28,31-35H2,1-2H3/p+1. The van der Waals surface area contributed by atoms with E-state index in [1.807, 2.05) is 18.2 Å². The Kier molecular flexibility index (Phi) is 29.0. The first-order valence-corrected chi connectivity index (χ1v) is 20.6. The van der Waals surface area contributed by atoms with Crippen LogP contribution >= 0.6 is 7.82 Å². The van der Waals surface area contributed by atoms with Crippen LogP contribution in [0.4, 0.5) is 0 Å². The summed E-state index contributed by atoms with van der Waals surface area (Å²) >= 11 is 0. The number of aromatic nitrogens is 1. The van der Waals surface area contributed by atoms with Crippen molar-refractivity contribution in [1.82, 2.24) is 0 Å². The van der Waals surface area contributed by atoms with Crippen LogP contribution in [0.5, 0.6) is 0 Å². The number of carbonyl (C=O) groups is 2. The van der Waals surface area contributed by atoms with Crippen molar-refractivity contribution in [1.29, 1.82) is 0 Å². The molecule has 0 aliphatic rings. The number of hydrogen-bond donors (Lipinski definition) is 1. The SMILES string of the molecule is CCCCCCCCCCCCCCCCCCOCC(COP(=O)(O)OCCCCCCCC[n+]1ccccc1)OC(=O)CC(C)=O. The van der Waals surface area contributed by atoms with Gasteiger partial charge in [-0.15, -0.1) is 0 Å². The van der Waals surface area contributed by atoms with Crippen LogP contribution in [0.25, 0.3) is 0 Å². The summed E-state index contributed by atoms with van der Waals surface area (Å²) < 4.78 is 35.9. The third-order valence-electron chi connectivity index (χ3n) is 8.40. The quantitative estimate of drug-likeness (QED) is 0.0245. The van der Waals surface area contributed by atoms with E-state index in [0.29, 0.717) is 13.0 Å². The second-order valence-electron chi connectivity index (χ2n) is 13.2. The fourth-order valence-corrected chi connectivity index (χ4v) is 6.38. The number of Topliss-reactive ketones (excluding diaryl/α,β-unsaturated/α-hetero) is 1. The molecule has 9 nitrogen and oxygen atoms in total. The maximum atomic E-state index is 12.4. The van der Waals surface area contributed by atoms with E-state index >= 15 is 0 Å². The zero-order valence-corrected chi connectivity index (χ0v) is 31.4. The highest BCUT2D eigenvalue weighted by Crippen LogP contribution is 2.43. The lowest BCUT2D eigenvalue weighted by molar-refractivity contribution is -0.697. The second-order valence-corrected chi connectivity index (χ2v) is 14.7. The van der Waals surface area contributed by atoms with E-state index < -0.39 is 19.9 Å². The molecule has 10 heteroatoms. The second kappa shape index (κ2) is 31.3. The summed E-state index contributed by atoms with van der Waals surface area (Å²) in [7, 11) is -4.31. The monoisotopic (exact) mass is 698 g/mol. The van der Waals surface area contributed by atoms with Gasteiger partial charge in [0.15, 0.2) is 12.4 Å². The van der Waals surface area contributed by atoms with E-state index in [1.54, 1.807) is 0 Å². The van der Waals surface area contributed by atoms with Gasteiger partial charge in [0.2, 0.25) is 0 Å². The van der Waals surface area contributed by atoms with E-state index in [9.17, 15) is 19.0 Å². The van der Waals surface area contributed by atoms with Crippen LogP contribution in [0.2, 0.25) is 0 Å². The van der Waals surface area contributed by atoms with Gasteiger partial charge in [-0.2, -0.15) is 0 Å². The van der Waals surface area contributed by atoms with E-state index in [4.69, 9.17) is 18.5 Å². The van der Waals surface area contributed by atoms with Crippen LogP contribution < -0.4 is 4.57 Å². The molecule has 2 unspecified atom stereocenters. The zero-order chi connectivity index (χ0) is 35.0. The minimum Gasteiger partial charge on any atom is -0.457 e. The topological polar surface area (TPSA) is 112 Å². The number of esters is 1. The van der Waals surface area contributed by atoms with Gasteiger partial charge >= 0.3 is 13.8 Å². The first-order chi connectivity index (χ1) is 23.3. The molecule has 0 saturated carbocycles. The average Bonchev–Trinajstić information content (AvgIpc) is 3.06. The number of aryl methyl sites for hydroxylation is 1. The molecule has 278 valence electrons. The fraction of sp³-hybridized carbons (Fsp3) is 0.816. The first kappa shape index (κ1) is 44.4. The molecule has 0 bridgehead atoms. The predicted molar refractivity (Wildman–Crippen MR) is 192 cm³/mol. The van der Waals surface area contributed by atoms with Gasteiger partial charge in [0.25, 0.3) is 0 Å². The number of unbranched alkanes of at least 4 members (excludes halogenated alkanes) is 20. The molecule has 1 aromatic rings. The van der Waals surface area contributed by atoms with Crippen molar-refractivity contribution in [2.24, 2.45) is 0 Å². The van der Waals surface area contributed by atoms with Gasteiger partial charge in [-0.05, 0) is 26.2 Å². The minimum atomic E-state index is -4.31. The van der Waals surface area contributed by atoms with Crippen molar-refractivity contribution in [2.45, 2.75) is 174 Å². The Morgan fingerprint density at radius 1 is 0.646 bits per heavy atom. The molecule has 0 fully saturated rings. The zero-order valence-electron chi connectivity index (χ0n) is 30.5. The number of nitrogens with zero attached hydrogens (tertiary/aromatic N) is 1. The molecule has 0 aliphatic carbocycles. The highest BCUT2D eigenvalue weighted by atomic mass is 31.2. The Labute approximate surface area is 292 Å². The average molecular weight is 699 g/mol. The number of phosphoric ester groups is 1. The summed E-state index contributed by atoms with van der Waals surface area (Å²) in [5.74, 6) is -1.03. The van der Waals surface area contributed by atoms with Gasteiger partial charge in [0, 0.05) is 25.2 Å². The summed E-state index contributed by atoms with van der Waals surface area (Å²) in [4.78, 5) is 33.5. The van der Waals surface area contributed by atoms with Gasteiger partial charge in [-0.3, -0.25) is 18.6 Å². The minimum absolute atomic E-state index is 0.0190. The molecule has 2 atom stereocenters. The Balaban J connectivity index is 2.11. The van der Waals surface area contributed by atoms with Crippen LogP contribution in [-0.2, 0) is 39.2 Å². The van der Waals surface area contributed by atoms with Crippen LogP contribution in [-0.4, -0.2) is 49.2 Å². The molecule has 1 heterocycles. The van der Waals surface area contributed by atoms with Crippen molar-refractivity contribution < 1.29 is 42.1 Å². The lowest BCUT2D eigenvalue weighted by atomic mass is 10.0. The normalized spacial score (nSPS) is 13.3. The largest absolute Gasteiger partial charge is 0.472 e. The Bertz CT molecular complexity index is 948. The molecule has 0 saturated heterocycles. The predicted octanol–water partition coefficient (Wildman–Crippen LogP) is 9.62. The van der Waals surface area contributed by atoms with Crippen LogP contribution in [0.15, 0.2) is 30.6 Å². The highest BCUT2D eigenvalue weighted by molar-refractivity contribution is 7.47. The van der Waals surface area contributed by atoms with Gasteiger partial charge < -0.3 is 14.4 Å². The number of pyridine rings is 1. The number of hydrogen-bond acceptors (Lipinski definition) is 7. The van der Waals surface area contributed by atoms with Crippen molar-refractivity contribution in [2.75, 3.05) is 26.4 Å². The van der Waals surface area contributed by atoms with E-state index in [-0.39, 0.29) is 32.0 Å². The third-order valence-corrected chi connectivity index (χ3v) is 9.39. The van der Waals surface area contributed by atoms with Crippen molar-refractivity contribution in [3.8, 4) is 0 Å². The molecule has 0 spiro atoms. The summed E-state index contributed by atoms with van der Waals surface area (Å²) in [6.07, 6.45) is 29.5. The Hall–Kier alpha value is -1.64. The summed E-state index contributed by atoms with van der Waals surface area (Å²) in [6, 6.07) is 6.07. The Morgan fingerprint density at radius 3 is 1.65 bits per heavy atom. The Morgan fingerprint density at radius 2 is 1.12 bits per heavy atom. The third kappa shape index (κ3) is 29.3. The lowest BCUT2D eigenvalue weighted by Gasteiger charge is -2.20. The van der Waals surface area contributed by atoms with Crippen LogP contribution in [0.3, 0.4) is 0 Å². The number of phosphoric acid groups is 1. The van der Waals surface area contributed by atoms with Crippen LogP contribution in [0.1, 0.15) is 162 Å². The molecule has 0 amide bonds. The smallest absolute Gasteiger partial charge is 0.457 e. The molecular formula is C38H69NO8P+. The number of ether oxygens (including phenoxy) is 2. The number of rotatable bonds is 35. The summed E-state index contributed by atoms with van der Waals surface area (Å²) in [6.45, 7) is 4.85. The van der Waals surface area contributed by atoms with E-state index in [1.165, 1.54) is 96.8 Å². The lowest BCUT2D eigenvalue weighted by Crippen LogP contribution is -2.32. The first-order valence-electron chi connectivity index (χ1n) is 19.1. The molecule has 0 radical (unpaired) electrons. The highest BCUT2D eigenvalue weighted by Gasteiger charge is 2.25. The van der Waals surface area contributed by atoms with Crippen LogP contribution in [0, 0.1) is 0 Å². The van der Waals surface area contributed by atoms with E-state index in [0.717, 1.165) is 51.5 Å². The summed E-state index contributed by atoms with van der Waals surface area (Å²) in [5, 5.41) is 0. The summed E-state index contributed by atoms with van der Waals surface area (Å²) in [5.41, 5.74) is 0. The van der Waals surface area contributed by atoms with Crippen molar-refractivity contribution >= 4 is 19.6 Å². The maximum absolute atomic E-state index is 12.4. The molecule has 1 aromatic heterocycles. The molecule has 1 rings (SSSR count). The van der Waals surface area contributed by atoms with Crippen molar-refractivity contribution in [3.63, 3.8) is 0 Å². The molecule has 48 heavy (non-hydrogen) atoms. The number of carbonyl (C=O) groups excluding carboxylic acids is 2. The fourth-order valence-electron chi connectivity index (χ4n) is 5.60. The molecule has 0 aliphatic heterocycles. The molecular weight excluding hydrogens is 629 g/mol. The van der Waals surface area contributed by atoms with Gasteiger partial charge in [-0.1, -0.05) is 129 Å². The van der Waals surface area contributed by atoms with Gasteiger partial charge in [-0.25, -0.2) is 9.13 Å². The van der Waals surface area contributed by atoms with Gasteiger partial charge in [0.05, 0.1) is 19.8 Å². The molecule has 0 aromatic carbocycles. The van der Waals surface area contributed by atoms with Crippen molar-refractivity contribution in [3.05, 3.63) is 30.6 Å².